The summed E-state index contributed by atoms with van der Waals surface area (Å²) in [5.41, 5.74) is 0. The number of carbonyl (C=O) groups excluding carboxylic acids is 2. The number of methoxy groups -OCH3 is 2. The molecule has 3 atom stereocenters. The summed E-state index contributed by atoms with van der Waals surface area (Å²) in [6.45, 7) is 3.98. The van der Waals surface area contributed by atoms with Gasteiger partial charge in [0, 0.05) is 20.6 Å². The van der Waals surface area contributed by atoms with E-state index in [2.05, 4.69) is 0 Å². The number of hydrogen-bond acceptors (Lipinski definition) is 4. The summed E-state index contributed by atoms with van der Waals surface area (Å²) in [7, 11) is 2.82. The van der Waals surface area contributed by atoms with Crippen LogP contribution in [-0.4, -0.2) is 32.1 Å². The number of hydrogen-bond donors (Lipinski definition) is 0. The molecule has 0 bridgehead atoms. The highest BCUT2D eigenvalue weighted by atomic mass is 16.7. The molecule has 0 heterocycles. The van der Waals surface area contributed by atoms with Crippen LogP contribution in [0.25, 0.3) is 0 Å². The van der Waals surface area contributed by atoms with E-state index in [9.17, 15) is 9.59 Å². The zero-order valence-electron chi connectivity index (χ0n) is 10.4. The molecule has 1 rings (SSSR count). The van der Waals surface area contributed by atoms with E-state index in [4.69, 9.17) is 9.47 Å². The Labute approximate surface area is 96.3 Å². The van der Waals surface area contributed by atoms with Gasteiger partial charge in [0.1, 0.15) is 5.78 Å². The highest BCUT2D eigenvalue weighted by Gasteiger charge is 2.40. The minimum Gasteiger partial charge on any atom is -0.349 e. The smallest absolute Gasteiger partial charge is 0.218 e. The molecule has 0 aromatic rings. The lowest BCUT2D eigenvalue weighted by Crippen LogP contribution is -2.42. The Bertz CT molecular complexity index is 270. The topological polar surface area (TPSA) is 52.6 Å². The Morgan fingerprint density at radius 1 is 1.31 bits per heavy atom. The van der Waals surface area contributed by atoms with Crippen LogP contribution in [0.4, 0.5) is 0 Å². The lowest BCUT2D eigenvalue weighted by atomic mass is 9.73. The van der Waals surface area contributed by atoms with E-state index in [0.29, 0.717) is 12.3 Å². The minimum absolute atomic E-state index is 0.0235. The molecule has 0 aliphatic heterocycles. The Morgan fingerprint density at radius 3 is 2.31 bits per heavy atom. The standard InChI is InChI=1S/C12H20O4/c1-7-5-8(2)10(9(13)6-7)11(14)12(15-3)16-4/h7-8,10,12H,5-6H2,1-4H3. The van der Waals surface area contributed by atoms with Crippen molar-refractivity contribution < 1.29 is 19.1 Å². The maximum absolute atomic E-state index is 12.0. The molecule has 1 aliphatic rings. The van der Waals surface area contributed by atoms with Crippen LogP contribution < -0.4 is 0 Å². The van der Waals surface area contributed by atoms with Crippen LogP contribution in [0.5, 0.6) is 0 Å². The summed E-state index contributed by atoms with van der Waals surface area (Å²) in [6.07, 6.45) is 0.480. The van der Waals surface area contributed by atoms with Crippen molar-refractivity contribution in [3.8, 4) is 0 Å². The van der Waals surface area contributed by atoms with Crippen LogP contribution in [0.3, 0.4) is 0 Å². The fourth-order valence-electron chi connectivity index (χ4n) is 2.56. The van der Waals surface area contributed by atoms with Crippen LogP contribution >= 0.6 is 0 Å². The monoisotopic (exact) mass is 228 g/mol. The van der Waals surface area contributed by atoms with Crippen molar-refractivity contribution in [3.63, 3.8) is 0 Å². The summed E-state index contributed by atoms with van der Waals surface area (Å²) in [5.74, 6) is -0.322. The first kappa shape index (κ1) is 13.3. The third kappa shape index (κ3) is 2.68. The van der Waals surface area contributed by atoms with E-state index in [0.717, 1.165) is 6.42 Å². The predicted octanol–water partition coefficient (Wildman–Crippen LogP) is 1.43. The molecule has 0 spiro atoms. The number of carbonyl (C=O) groups is 2. The minimum atomic E-state index is -0.912. The normalized spacial score (nSPS) is 30.8. The van der Waals surface area contributed by atoms with Crippen molar-refractivity contribution >= 4 is 11.6 Å². The average molecular weight is 228 g/mol. The molecular weight excluding hydrogens is 208 g/mol. The van der Waals surface area contributed by atoms with Gasteiger partial charge in [0.2, 0.25) is 6.29 Å². The summed E-state index contributed by atoms with van der Waals surface area (Å²) in [4.78, 5) is 23.9. The number of Topliss-reactive ketones (excluding diaryl/α,β-unsaturated/α-hetero) is 2. The molecular formula is C12H20O4. The Morgan fingerprint density at radius 2 is 1.88 bits per heavy atom. The molecule has 4 nitrogen and oxygen atoms in total. The second-order valence-corrected chi connectivity index (χ2v) is 4.67. The van der Waals surface area contributed by atoms with Crippen molar-refractivity contribution in [2.24, 2.45) is 17.8 Å². The zero-order chi connectivity index (χ0) is 12.3. The van der Waals surface area contributed by atoms with Gasteiger partial charge < -0.3 is 9.47 Å². The summed E-state index contributed by atoms with van der Waals surface area (Å²) in [6, 6.07) is 0. The third-order valence-electron chi connectivity index (χ3n) is 3.21. The van der Waals surface area contributed by atoms with Crippen LogP contribution in [0.15, 0.2) is 0 Å². The van der Waals surface area contributed by atoms with Crippen molar-refractivity contribution in [3.05, 3.63) is 0 Å². The first-order valence-corrected chi connectivity index (χ1v) is 5.63. The quantitative estimate of drug-likeness (QED) is 0.539. The number of ketones is 2. The largest absolute Gasteiger partial charge is 0.349 e. The van der Waals surface area contributed by atoms with Crippen molar-refractivity contribution in [1.82, 2.24) is 0 Å². The van der Waals surface area contributed by atoms with Crippen LogP contribution in [0, 0.1) is 17.8 Å². The maximum atomic E-state index is 12.0. The molecule has 0 amide bonds. The molecule has 0 N–H and O–H groups in total. The zero-order valence-corrected chi connectivity index (χ0v) is 10.4. The lowest BCUT2D eigenvalue weighted by Gasteiger charge is -2.31. The predicted molar refractivity (Wildman–Crippen MR) is 58.9 cm³/mol. The van der Waals surface area contributed by atoms with Gasteiger partial charge in [0.05, 0.1) is 5.92 Å². The van der Waals surface area contributed by atoms with Gasteiger partial charge in [-0.15, -0.1) is 0 Å². The molecule has 0 radical (unpaired) electrons. The number of rotatable bonds is 4. The Hall–Kier alpha value is -0.740. The van der Waals surface area contributed by atoms with Gasteiger partial charge in [-0.3, -0.25) is 9.59 Å². The average Bonchev–Trinajstić information content (AvgIpc) is 2.17. The highest BCUT2D eigenvalue weighted by Crippen LogP contribution is 2.32. The van der Waals surface area contributed by atoms with Crippen LogP contribution in [0.1, 0.15) is 26.7 Å². The molecule has 1 saturated carbocycles. The van der Waals surface area contributed by atoms with E-state index < -0.39 is 12.2 Å². The molecule has 0 saturated heterocycles. The first-order valence-electron chi connectivity index (χ1n) is 5.63. The van der Waals surface area contributed by atoms with Gasteiger partial charge >= 0.3 is 0 Å². The molecule has 16 heavy (non-hydrogen) atoms. The molecule has 0 aromatic carbocycles. The third-order valence-corrected chi connectivity index (χ3v) is 3.21. The molecule has 3 unspecified atom stereocenters. The Kier molecular flexibility index (Phi) is 4.62. The fourth-order valence-corrected chi connectivity index (χ4v) is 2.56. The maximum Gasteiger partial charge on any atom is 0.218 e. The number of ether oxygens (including phenoxy) is 2. The van der Waals surface area contributed by atoms with E-state index in [1.807, 2.05) is 13.8 Å². The van der Waals surface area contributed by atoms with Crippen molar-refractivity contribution in [2.75, 3.05) is 14.2 Å². The van der Waals surface area contributed by atoms with E-state index in [1.165, 1.54) is 14.2 Å². The molecule has 1 fully saturated rings. The van der Waals surface area contributed by atoms with Gasteiger partial charge in [-0.1, -0.05) is 13.8 Å². The molecule has 1 aliphatic carbocycles. The second-order valence-electron chi connectivity index (χ2n) is 4.67. The second kappa shape index (κ2) is 5.55. The van der Waals surface area contributed by atoms with Gasteiger partial charge in [0.15, 0.2) is 5.78 Å². The Balaban J connectivity index is 2.78. The van der Waals surface area contributed by atoms with Crippen molar-refractivity contribution in [2.45, 2.75) is 33.0 Å². The van der Waals surface area contributed by atoms with Gasteiger partial charge in [0.25, 0.3) is 0 Å². The highest BCUT2D eigenvalue weighted by molar-refractivity contribution is 6.04. The van der Waals surface area contributed by atoms with Crippen LogP contribution in [-0.2, 0) is 19.1 Å². The molecule has 92 valence electrons. The van der Waals surface area contributed by atoms with Crippen molar-refractivity contribution in [1.29, 1.82) is 0 Å². The van der Waals surface area contributed by atoms with E-state index in [1.54, 1.807) is 0 Å². The van der Waals surface area contributed by atoms with Gasteiger partial charge in [-0.2, -0.15) is 0 Å². The first-order chi connectivity index (χ1) is 7.51. The fraction of sp³-hybridized carbons (Fsp3) is 0.833. The summed E-state index contributed by atoms with van der Waals surface area (Å²) >= 11 is 0. The SMILES string of the molecule is COC(OC)C(=O)C1C(=O)CC(C)CC1C. The summed E-state index contributed by atoms with van der Waals surface area (Å²) in [5, 5.41) is 0. The molecule has 0 aromatic heterocycles. The summed E-state index contributed by atoms with van der Waals surface area (Å²) < 4.78 is 9.83. The van der Waals surface area contributed by atoms with Crippen LogP contribution in [0.2, 0.25) is 0 Å². The lowest BCUT2D eigenvalue weighted by molar-refractivity contribution is -0.166. The molecule has 4 heteroatoms. The van der Waals surface area contributed by atoms with Gasteiger partial charge in [-0.25, -0.2) is 0 Å². The van der Waals surface area contributed by atoms with E-state index in [-0.39, 0.29) is 17.5 Å². The van der Waals surface area contributed by atoms with E-state index >= 15 is 0 Å². The van der Waals surface area contributed by atoms with Gasteiger partial charge in [-0.05, 0) is 18.3 Å².